The molecule has 0 radical (unpaired) electrons. The third kappa shape index (κ3) is 3.91. The predicted molar refractivity (Wildman–Crippen MR) is 85.3 cm³/mol. The van der Waals surface area contributed by atoms with Gasteiger partial charge < -0.3 is 10.0 Å². The number of aliphatic hydroxyl groups is 1. The van der Waals surface area contributed by atoms with Crippen LogP contribution >= 0.6 is 11.3 Å². The summed E-state index contributed by atoms with van der Waals surface area (Å²) in [7, 11) is 0. The highest BCUT2D eigenvalue weighted by Gasteiger charge is 2.26. The van der Waals surface area contributed by atoms with Crippen LogP contribution in [-0.4, -0.2) is 51.5 Å². The summed E-state index contributed by atoms with van der Waals surface area (Å²) in [6, 6.07) is 5.86. The first-order valence-electron chi connectivity index (χ1n) is 7.29. The largest absolute Gasteiger partial charge is 0.390 e. The number of carbonyl (C=O) groups excluding carboxylic acids is 1. The van der Waals surface area contributed by atoms with Crippen molar-refractivity contribution in [3.63, 3.8) is 0 Å². The predicted octanol–water partition coefficient (Wildman–Crippen LogP) is 1.35. The summed E-state index contributed by atoms with van der Waals surface area (Å²) >= 11 is 1.65. The van der Waals surface area contributed by atoms with Crippen molar-refractivity contribution < 1.29 is 9.90 Å². The summed E-state index contributed by atoms with van der Waals surface area (Å²) in [5, 5.41) is 14.3. The highest BCUT2D eigenvalue weighted by Crippen LogP contribution is 2.14. The molecule has 22 heavy (non-hydrogen) atoms. The van der Waals surface area contributed by atoms with Crippen molar-refractivity contribution in [2.45, 2.75) is 19.2 Å². The van der Waals surface area contributed by atoms with Crippen LogP contribution in [0.15, 0.2) is 41.4 Å². The molecule has 1 atom stereocenters. The van der Waals surface area contributed by atoms with E-state index in [1.54, 1.807) is 28.6 Å². The minimum absolute atomic E-state index is 0.0515. The zero-order chi connectivity index (χ0) is 15.4. The standard InChI is InChI=1S/C16H19N3O2S/c20-15-9-18(7-14-3-5-22-12-14)11-16(21)19(10-15)8-13-2-1-4-17-6-13/h1-6,12,15,20H,7-11H2. The van der Waals surface area contributed by atoms with E-state index in [0.717, 1.165) is 5.56 Å². The van der Waals surface area contributed by atoms with E-state index < -0.39 is 6.10 Å². The third-order valence-electron chi connectivity index (χ3n) is 3.69. The number of hydrogen-bond acceptors (Lipinski definition) is 5. The number of aliphatic hydroxyl groups excluding tert-OH is 1. The van der Waals surface area contributed by atoms with Crippen LogP contribution in [0.5, 0.6) is 0 Å². The molecule has 2 aromatic rings. The van der Waals surface area contributed by atoms with Gasteiger partial charge in [0, 0.05) is 38.6 Å². The van der Waals surface area contributed by atoms with Crippen molar-refractivity contribution in [3.05, 3.63) is 52.5 Å². The average Bonchev–Trinajstić information content (AvgIpc) is 2.95. The van der Waals surface area contributed by atoms with E-state index in [4.69, 9.17) is 0 Å². The Labute approximate surface area is 133 Å². The van der Waals surface area contributed by atoms with Crippen LogP contribution in [0.25, 0.3) is 0 Å². The molecule has 2 aromatic heterocycles. The Morgan fingerprint density at radius 1 is 1.27 bits per heavy atom. The number of aromatic nitrogens is 1. The lowest BCUT2D eigenvalue weighted by Gasteiger charge is -2.21. The second kappa shape index (κ2) is 7.00. The first-order chi connectivity index (χ1) is 10.7. The van der Waals surface area contributed by atoms with Gasteiger partial charge in [0.1, 0.15) is 0 Å². The quantitative estimate of drug-likeness (QED) is 0.925. The van der Waals surface area contributed by atoms with Gasteiger partial charge in [-0.1, -0.05) is 6.07 Å². The van der Waals surface area contributed by atoms with Crippen LogP contribution in [0.4, 0.5) is 0 Å². The lowest BCUT2D eigenvalue weighted by atomic mass is 10.2. The number of hydrogen-bond donors (Lipinski definition) is 1. The van der Waals surface area contributed by atoms with Crippen molar-refractivity contribution >= 4 is 17.2 Å². The van der Waals surface area contributed by atoms with E-state index in [0.29, 0.717) is 32.7 Å². The Balaban J connectivity index is 1.66. The van der Waals surface area contributed by atoms with Gasteiger partial charge >= 0.3 is 0 Å². The number of pyridine rings is 1. The van der Waals surface area contributed by atoms with Crippen molar-refractivity contribution in [1.82, 2.24) is 14.8 Å². The molecule has 3 rings (SSSR count). The minimum Gasteiger partial charge on any atom is -0.390 e. The van der Waals surface area contributed by atoms with E-state index in [-0.39, 0.29) is 5.91 Å². The summed E-state index contributed by atoms with van der Waals surface area (Å²) in [5.41, 5.74) is 2.17. The summed E-state index contributed by atoms with van der Waals surface area (Å²) in [6.07, 6.45) is 2.94. The molecule has 1 saturated heterocycles. The van der Waals surface area contributed by atoms with Crippen molar-refractivity contribution in [2.24, 2.45) is 0 Å². The molecule has 5 nitrogen and oxygen atoms in total. The highest BCUT2D eigenvalue weighted by molar-refractivity contribution is 7.07. The van der Waals surface area contributed by atoms with Gasteiger partial charge in [-0.15, -0.1) is 0 Å². The van der Waals surface area contributed by atoms with Gasteiger partial charge in [0.15, 0.2) is 0 Å². The summed E-state index contributed by atoms with van der Waals surface area (Å²) in [5.74, 6) is 0.0515. The fourth-order valence-corrected chi connectivity index (χ4v) is 3.35. The molecule has 3 heterocycles. The molecule has 0 aromatic carbocycles. The smallest absolute Gasteiger partial charge is 0.237 e. The minimum atomic E-state index is -0.526. The van der Waals surface area contributed by atoms with Gasteiger partial charge in [0.05, 0.1) is 12.6 Å². The number of nitrogens with zero attached hydrogens (tertiary/aromatic N) is 3. The van der Waals surface area contributed by atoms with Crippen molar-refractivity contribution in [3.8, 4) is 0 Å². The molecular weight excluding hydrogens is 298 g/mol. The molecule has 1 N–H and O–H groups in total. The molecule has 0 bridgehead atoms. The second-order valence-corrected chi connectivity index (χ2v) is 6.37. The van der Waals surface area contributed by atoms with Gasteiger partial charge in [0.25, 0.3) is 0 Å². The molecule has 0 aliphatic carbocycles. The number of carbonyl (C=O) groups is 1. The molecule has 0 spiro atoms. The molecule has 1 amide bonds. The summed E-state index contributed by atoms with van der Waals surface area (Å²) < 4.78 is 0. The lowest BCUT2D eigenvalue weighted by molar-refractivity contribution is -0.132. The molecule has 1 unspecified atom stereocenters. The number of thiophene rings is 1. The Bertz CT molecular complexity index is 603. The Morgan fingerprint density at radius 3 is 2.91 bits per heavy atom. The van der Waals surface area contributed by atoms with Crippen LogP contribution in [0.1, 0.15) is 11.1 Å². The molecular formula is C16H19N3O2S. The maximum atomic E-state index is 12.5. The molecule has 1 aliphatic rings. The zero-order valence-electron chi connectivity index (χ0n) is 12.3. The first kappa shape index (κ1) is 15.1. The number of rotatable bonds is 4. The normalized spacial score (nSPS) is 20.1. The Morgan fingerprint density at radius 2 is 2.18 bits per heavy atom. The fourth-order valence-electron chi connectivity index (χ4n) is 2.69. The van der Waals surface area contributed by atoms with Gasteiger partial charge in [0.2, 0.25) is 5.91 Å². The zero-order valence-corrected chi connectivity index (χ0v) is 13.1. The first-order valence-corrected chi connectivity index (χ1v) is 8.23. The van der Waals surface area contributed by atoms with Crippen LogP contribution in [0.3, 0.4) is 0 Å². The van der Waals surface area contributed by atoms with Crippen molar-refractivity contribution in [1.29, 1.82) is 0 Å². The van der Waals surface area contributed by atoms with Gasteiger partial charge in [-0.05, 0) is 34.0 Å². The van der Waals surface area contributed by atoms with E-state index >= 15 is 0 Å². The molecule has 1 fully saturated rings. The second-order valence-electron chi connectivity index (χ2n) is 5.59. The molecule has 1 aliphatic heterocycles. The molecule has 6 heteroatoms. The summed E-state index contributed by atoms with van der Waals surface area (Å²) in [6.45, 7) is 2.43. The van der Waals surface area contributed by atoms with E-state index in [1.165, 1.54) is 5.56 Å². The monoisotopic (exact) mass is 317 g/mol. The SMILES string of the molecule is O=C1CN(Cc2ccsc2)CC(O)CN1Cc1cccnc1. The van der Waals surface area contributed by atoms with Crippen LogP contribution in [0.2, 0.25) is 0 Å². The maximum Gasteiger partial charge on any atom is 0.237 e. The maximum absolute atomic E-state index is 12.5. The van der Waals surface area contributed by atoms with Gasteiger partial charge in [-0.2, -0.15) is 11.3 Å². The Kier molecular flexibility index (Phi) is 4.82. The number of β-amino-alcohol motifs (C(OH)–C–C–N with tert-alkyl or cyclic N) is 1. The van der Waals surface area contributed by atoms with Crippen LogP contribution < -0.4 is 0 Å². The molecule has 116 valence electrons. The van der Waals surface area contributed by atoms with E-state index in [2.05, 4.69) is 16.4 Å². The third-order valence-corrected chi connectivity index (χ3v) is 4.43. The highest BCUT2D eigenvalue weighted by atomic mass is 32.1. The van der Waals surface area contributed by atoms with E-state index in [1.807, 2.05) is 22.4 Å². The van der Waals surface area contributed by atoms with Crippen LogP contribution in [0, 0.1) is 0 Å². The van der Waals surface area contributed by atoms with Gasteiger partial charge in [-0.25, -0.2) is 0 Å². The summed E-state index contributed by atoms with van der Waals surface area (Å²) in [4.78, 5) is 20.3. The van der Waals surface area contributed by atoms with E-state index in [9.17, 15) is 9.90 Å². The van der Waals surface area contributed by atoms with Crippen molar-refractivity contribution in [2.75, 3.05) is 19.6 Å². The topological polar surface area (TPSA) is 56.7 Å². The van der Waals surface area contributed by atoms with Gasteiger partial charge in [-0.3, -0.25) is 14.7 Å². The van der Waals surface area contributed by atoms with Crippen LogP contribution in [-0.2, 0) is 17.9 Å². The average molecular weight is 317 g/mol. The fraction of sp³-hybridized carbons (Fsp3) is 0.375. The Hall–Kier alpha value is -1.76. The molecule has 0 saturated carbocycles. The number of amides is 1. The lowest BCUT2D eigenvalue weighted by Crippen LogP contribution is -2.36.